The Morgan fingerprint density at radius 2 is 1.75 bits per heavy atom. The molecule has 0 aromatic carbocycles. The van der Waals surface area contributed by atoms with Crippen molar-refractivity contribution in [2.24, 2.45) is 5.92 Å². The van der Waals surface area contributed by atoms with E-state index in [0.717, 1.165) is 19.0 Å². The molecular formula is C10H24N2. The summed E-state index contributed by atoms with van der Waals surface area (Å²) in [6, 6.07) is 0.657. The maximum absolute atomic E-state index is 3.50. The molecule has 0 bridgehead atoms. The zero-order valence-corrected chi connectivity index (χ0v) is 9.22. The van der Waals surface area contributed by atoms with E-state index in [9.17, 15) is 0 Å². The molecule has 2 nitrogen and oxygen atoms in total. The minimum Gasteiger partial charge on any atom is -0.313 e. The average molecular weight is 172 g/mol. The molecule has 0 rings (SSSR count). The molecular weight excluding hydrogens is 148 g/mol. The Hall–Kier alpha value is -0.0800. The molecule has 12 heavy (non-hydrogen) atoms. The Balaban J connectivity index is 3.25. The van der Waals surface area contributed by atoms with Gasteiger partial charge in [0.15, 0.2) is 0 Å². The van der Waals surface area contributed by atoms with Crippen molar-refractivity contribution in [1.82, 2.24) is 10.2 Å². The van der Waals surface area contributed by atoms with Gasteiger partial charge in [0, 0.05) is 19.1 Å². The maximum Gasteiger partial charge on any atom is 0.0101 e. The third-order valence-electron chi connectivity index (χ3n) is 1.88. The molecule has 0 aromatic heterocycles. The third-order valence-corrected chi connectivity index (χ3v) is 1.88. The van der Waals surface area contributed by atoms with Crippen molar-refractivity contribution in [2.45, 2.75) is 33.2 Å². The zero-order chi connectivity index (χ0) is 9.56. The first kappa shape index (κ1) is 11.9. The first-order chi connectivity index (χ1) is 5.52. The molecule has 0 aliphatic carbocycles. The predicted molar refractivity (Wildman–Crippen MR) is 55.5 cm³/mol. The van der Waals surface area contributed by atoms with Crippen molar-refractivity contribution in [3.8, 4) is 0 Å². The van der Waals surface area contributed by atoms with E-state index in [1.807, 2.05) is 0 Å². The fraction of sp³-hybridized carbons (Fsp3) is 1.00. The van der Waals surface area contributed by atoms with E-state index < -0.39 is 0 Å². The van der Waals surface area contributed by atoms with Gasteiger partial charge in [0.1, 0.15) is 0 Å². The average Bonchev–Trinajstić information content (AvgIpc) is 1.84. The second kappa shape index (κ2) is 6.44. The predicted octanol–water partition coefficient (Wildman–Crippen LogP) is 1.57. The van der Waals surface area contributed by atoms with Gasteiger partial charge >= 0.3 is 0 Å². The Labute approximate surface area is 77.3 Å². The fourth-order valence-corrected chi connectivity index (χ4v) is 1.32. The highest BCUT2D eigenvalue weighted by atomic mass is 15.1. The quantitative estimate of drug-likeness (QED) is 0.654. The Kier molecular flexibility index (Phi) is 6.39. The van der Waals surface area contributed by atoms with Crippen LogP contribution in [-0.2, 0) is 0 Å². The van der Waals surface area contributed by atoms with Gasteiger partial charge in [-0.25, -0.2) is 0 Å². The smallest absolute Gasteiger partial charge is 0.0101 e. The van der Waals surface area contributed by atoms with Gasteiger partial charge in [-0.05, 0) is 33.4 Å². The Morgan fingerprint density at radius 3 is 2.17 bits per heavy atom. The molecule has 0 saturated carbocycles. The first-order valence-corrected chi connectivity index (χ1v) is 4.90. The van der Waals surface area contributed by atoms with Crippen LogP contribution in [0.5, 0.6) is 0 Å². The Bertz CT molecular complexity index is 100. The van der Waals surface area contributed by atoms with E-state index in [-0.39, 0.29) is 0 Å². The van der Waals surface area contributed by atoms with Crippen molar-refractivity contribution in [3.63, 3.8) is 0 Å². The number of nitrogens with zero attached hydrogens (tertiary/aromatic N) is 1. The summed E-state index contributed by atoms with van der Waals surface area (Å²) in [6.45, 7) is 9.02. The van der Waals surface area contributed by atoms with Crippen LogP contribution in [0, 0.1) is 5.92 Å². The summed E-state index contributed by atoms with van der Waals surface area (Å²) in [5.41, 5.74) is 0. The molecule has 2 heteroatoms. The van der Waals surface area contributed by atoms with Gasteiger partial charge in [-0.15, -0.1) is 0 Å². The van der Waals surface area contributed by atoms with Crippen LogP contribution in [0.1, 0.15) is 27.2 Å². The largest absolute Gasteiger partial charge is 0.313 e. The summed E-state index contributed by atoms with van der Waals surface area (Å²) in [6.07, 6.45) is 1.27. The van der Waals surface area contributed by atoms with E-state index in [0.29, 0.717) is 6.04 Å². The molecule has 0 aromatic rings. The second-order valence-electron chi connectivity index (χ2n) is 4.29. The first-order valence-electron chi connectivity index (χ1n) is 4.90. The number of nitrogens with one attached hydrogen (secondary N) is 1. The van der Waals surface area contributed by atoms with E-state index in [2.05, 4.69) is 45.1 Å². The summed E-state index contributed by atoms with van der Waals surface area (Å²) in [7, 11) is 4.21. The van der Waals surface area contributed by atoms with Crippen LogP contribution in [0.15, 0.2) is 0 Å². The highest BCUT2D eigenvalue weighted by Gasteiger charge is 2.03. The SMILES string of the molecule is CC(C)CC(C)NCCN(C)C. The van der Waals surface area contributed by atoms with Crippen molar-refractivity contribution in [3.05, 3.63) is 0 Å². The molecule has 0 heterocycles. The molecule has 0 fully saturated rings. The van der Waals surface area contributed by atoms with Gasteiger partial charge in [-0.1, -0.05) is 13.8 Å². The van der Waals surface area contributed by atoms with Gasteiger partial charge in [0.2, 0.25) is 0 Å². The summed E-state index contributed by atoms with van der Waals surface area (Å²) in [5, 5.41) is 3.50. The van der Waals surface area contributed by atoms with Gasteiger partial charge in [0.05, 0.1) is 0 Å². The van der Waals surface area contributed by atoms with Crippen LogP contribution in [-0.4, -0.2) is 38.1 Å². The normalized spacial score (nSPS) is 14.2. The molecule has 0 aliphatic heterocycles. The lowest BCUT2D eigenvalue weighted by Gasteiger charge is -2.17. The number of rotatable bonds is 6. The molecule has 0 aliphatic rings. The van der Waals surface area contributed by atoms with E-state index >= 15 is 0 Å². The van der Waals surface area contributed by atoms with E-state index in [1.165, 1.54) is 6.42 Å². The van der Waals surface area contributed by atoms with Crippen LogP contribution in [0.3, 0.4) is 0 Å². The monoisotopic (exact) mass is 172 g/mol. The lowest BCUT2D eigenvalue weighted by atomic mass is 10.1. The number of likely N-dealkylation sites (N-methyl/N-ethyl adjacent to an activating group) is 1. The molecule has 0 saturated heterocycles. The minimum absolute atomic E-state index is 0.657. The highest BCUT2D eigenvalue weighted by Crippen LogP contribution is 2.02. The van der Waals surface area contributed by atoms with Gasteiger partial charge in [-0.3, -0.25) is 0 Å². The molecule has 74 valence electrons. The molecule has 0 radical (unpaired) electrons. The highest BCUT2D eigenvalue weighted by molar-refractivity contribution is 4.63. The van der Waals surface area contributed by atoms with Crippen LogP contribution in [0.4, 0.5) is 0 Å². The van der Waals surface area contributed by atoms with Crippen molar-refractivity contribution < 1.29 is 0 Å². The summed E-state index contributed by atoms with van der Waals surface area (Å²) >= 11 is 0. The molecule has 1 N–H and O–H groups in total. The topological polar surface area (TPSA) is 15.3 Å². The van der Waals surface area contributed by atoms with Crippen molar-refractivity contribution in [2.75, 3.05) is 27.2 Å². The summed E-state index contributed by atoms with van der Waals surface area (Å²) in [4.78, 5) is 2.20. The van der Waals surface area contributed by atoms with Gasteiger partial charge in [0.25, 0.3) is 0 Å². The summed E-state index contributed by atoms with van der Waals surface area (Å²) in [5.74, 6) is 0.798. The third kappa shape index (κ3) is 8.02. The van der Waals surface area contributed by atoms with E-state index in [1.54, 1.807) is 0 Å². The van der Waals surface area contributed by atoms with Crippen molar-refractivity contribution in [1.29, 1.82) is 0 Å². The maximum atomic E-state index is 3.50. The molecule has 1 unspecified atom stereocenters. The lowest BCUT2D eigenvalue weighted by molar-refractivity contribution is 0.371. The standard InChI is InChI=1S/C10H24N2/c1-9(2)8-10(3)11-6-7-12(4)5/h9-11H,6-8H2,1-5H3. The van der Waals surface area contributed by atoms with Crippen LogP contribution >= 0.6 is 0 Å². The summed E-state index contributed by atoms with van der Waals surface area (Å²) < 4.78 is 0. The number of hydrogen-bond donors (Lipinski definition) is 1. The van der Waals surface area contributed by atoms with Gasteiger partial charge < -0.3 is 10.2 Å². The van der Waals surface area contributed by atoms with Crippen molar-refractivity contribution >= 4 is 0 Å². The van der Waals surface area contributed by atoms with Gasteiger partial charge in [-0.2, -0.15) is 0 Å². The Morgan fingerprint density at radius 1 is 1.17 bits per heavy atom. The van der Waals surface area contributed by atoms with Crippen LogP contribution in [0.25, 0.3) is 0 Å². The fourth-order valence-electron chi connectivity index (χ4n) is 1.32. The zero-order valence-electron chi connectivity index (χ0n) is 9.22. The molecule has 0 spiro atoms. The van der Waals surface area contributed by atoms with Crippen LogP contribution in [0.2, 0.25) is 0 Å². The number of hydrogen-bond acceptors (Lipinski definition) is 2. The minimum atomic E-state index is 0.657. The van der Waals surface area contributed by atoms with E-state index in [4.69, 9.17) is 0 Å². The lowest BCUT2D eigenvalue weighted by Crippen LogP contribution is -2.33. The van der Waals surface area contributed by atoms with Crippen LogP contribution < -0.4 is 5.32 Å². The molecule has 0 amide bonds. The molecule has 1 atom stereocenters. The second-order valence-corrected chi connectivity index (χ2v) is 4.29.